The molecule has 0 aromatic heterocycles. The van der Waals surface area contributed by atoms with Crippen LogP contribution in [-0.2, 0) is 9.59 Å². The van der Waals surface area contributed by atoms with E-state index in [0.717, 1.165) is 24.3 Å². The molecule has 142 valence electrons. The molecule has 1 aromatic rings. The average Bonchev–Trinajstić information content (AvgIpc) is 2.71. The molecule has 1 aliphatic rings. The lowest BCUT2D eigenvalue weighted by molar-refractivity contribution is -0.126. The second-order valence-corrected chi connectivity index (χ2v) is 6.30. The zero-order valence-corrected chi connectivity index (χ0v) is 16.5. The fraction of sp³-hybridized carbons (Fsp3) is 0.529. The Kier molecular flexibility index (Phi) is 9.85. The van der Waals surface area contributed by atoms with Gasteiger partial charge in [-0.1, -0.05) is 26.0 Å². The number of carbonyl (C=O) groups is 2. The van der Waals surface area contributed by atoms with Crippen LogP contribution in [0.1, 0.15) is 20.3 Å². The lowest BCUT2D eigenvalue weighted by Gasteiger charge is -2.24. The number of hydrogen-bond acceptors (Lipinski definition) is 4. The van der Waals surface area contributed by atoms with Gasteiger partial charge in [0.05, 0.1) is 24.0 Å². The maximum Gasteiger partial charge on any atom is 0.246 e. The third-order valence-corrected chi connectivity index (χ3v) is 4.19. The molecule has 6 nitrogen and oxygen atoms in total. The predicted molar refractivity (Wildman–Crippen MR) is 107 cm³/mol. The van der Waals surface area contributed by atoms with Gasteiger partial charge in [0.15, 0.2) is 0 Å². The van der Waals surface area contributed by atoms with Gasteiger partial charge >= 0.3 is 0 Å². The van der Waals surface area contributed by atoms with Gasteiger partial charge in [0, 0.05) is 20.1 Å². The van der Waals surface area contributed by atoms with Gasteiger partial charge in [-0.2, -0.15) is 0 Å². The smallest absolute Gasteiger partial charge is 0.246 e. The molecule has 0 fully saturated rings. The van der Waals surface area contributed by atoms with Crippen molar-refractivity contribution < 1.29 is 9.59 Å². The van der Waals surface area contributed by atoms with E-state index in [4.69, 9.17) is 5.73 Å². The van der Waals surface area contributed by atoms with E-state index in [1.54, 1.807) is 4.90 Å². The number of hydrogen-bond donors (Lipinski definition) is 2. The molecular weight excluding hydrogens is 363 g/mol. The molecule has 0 bridgehead atoms. The van der Waals surface area contributed by atoms with Crippen molar-refractivity contribution in [3.63, 3.8) is 0 Å². The van der Waals surface area contributed by atoms with Crippen molar-refractivity contribution >= 4 is 48.0 Å². The topological polar surface area (TPSA) is 78.7 Å². The highest BCUT2D eigenvalue weighted by molar-refractivity contribution is 6.00. The Balaban J connectivity index is 0.00000288. The minimum atomic E-state index is -0.592. The lowest BCUT2D eigenvalue weighted by Crippen LogP contribution is -2.48. The first-order valence-electron chi connectivity index (χ1n) is 8.05. The lowest BCUT2D eigenvalue weighted by atomic mass is 10.1. The van der Waals surface area contributed by atoms with Gasteiger partial charge in [0.1, 0.15) is 0 Å². The number of carbonyl (C=O) groups excluding carboxylic acids is 2. The normalized spacial score (nSPS) is 14.6. The summed E-state index contributed by atoms with van der Waals surface area (Å²) in [6.07, 6.45) is 0.885. The zero-order valence-electron chi connectivity index (χ0n) is 14.9. The molecule has 1 atom stereocenters. The maximum atomic E-state index is 12.6. The van der Waals surface area contributed by atoms with Gasteiger partial charge in [-0.15, -0.1) is 24.8 Å². The van der Waals surface area contributed by atoms with E-state index in [9.17, 15) is 9.59 Å². The highest BCUT2D eigenvalue weighted by Crippen LogP contribution is 2.31. The number of benzene rings is 1. The van der Waals surface area contributed by atoms with E-state index in [0.29, 0.717) is 6.54 Å². The minimum absolute atomic E-state index is 0. The van der Waals surface area contributed by atoms with Gasteiger partial charge in [0.25, 0.3) is 0 Å². The van der Waals surface area contributed by atoms with Crippen LogP contribution in [0.25, 0.3) is 0 Å². The molecule has 1 aromatic carbocycles. The summed E-state index contributed by atoms with van der Waals surface area (Å²) < 4.78 is 0. The van der Waals surface area contributed by atoms with Crippen LogP contribution < -0.4 is 20.9 Å². The van der Waals surface area contributed by atoms with Crippen LogP contribution in [0, 0.1) is 5.92 Å². The third kappa shape index (κ3) is 5.76. The standard InChI is InChI=1S/C17H26N4O2.2ClH/c1-12(2)16(18)17(23)19-11-15(22)21-10-6-9-20(3)13-7-4-5-8-14(13)21;;/h4-5,7-8,12,16H,6,9-11,18H2,1-3H3,(H,19,23);2*1H/t16-;;/m0../s1. The zero-order chi connectivity index (χ0) is 17.0. The number of anilines is 2. The summed E-state index contributed by atoms with van der Waals surface area (Å²) in [5.74, 6) is -0.358. The van der Waals surface area contributed by atoms with Crippen molar-refractivity contribution in [1.29, 1.82) is 0 Å². The van der Waals surface area contributed by atoms with Gasteiger partial charge in [-0.05, 0) is 24.5 Å². The predicted octanol–water partition coefficient (Wildman–Crippen LogP) is 1.80. The fourth-order valence-corrected chi connectivity index (χ4v) is 2.66. The number of fused-ring (bicyclic) bond motifs is 1. The summed E-state index contributed by atoms with van der Waals surface area (Å²) >= 11 is 0. The van der Waals surface area contributed by atoms with E-state index < -0.39 is 6.04 Å². The molecule has 2 rings (SSSR count). The summed E-state index contributed by atoms with van der Waals surface area (Å²) in [5, 5.41) is 2.65. The molecule has 0 spiro atoms. The number of nitrogens with zero attached hydrogens (tertiary/aromatic N) is 2. The van der Waals surface area contributed by atoms with Gasteiger partial charge < -0.3 is 20.9 Å². The minimum Gasteiger partial charge on any atom is -0.373 e. The Morgan fingerprint density at radius 1 is 1.16 bits per heavy atom. The van der Waals surface area contributed by atoms with Gasteiger partial charge in [-0.3, -0.25) is 9.59 Å². The van der Waals surface area contributed by atoms with Crippen LogP contribution in [0.2, 0.25) is 0 Å². The molecule has 1 heterocycles. The van der Waals surface area contributed by atoms with Crippen LogP contribution >= 0.6 is 24.8 Å². The first-order valence-corrected chi connectivity index (χ1v) is 8.05. The van der Waals surface area contributed by atoms with E-state index in [1.807, 2.05) is 45.2 Å². The number of rotatable bonds is 4. The van der Waals surface area contributed by atoms with E-state index in [2.05, 4.69) is 10.2 Å². The van der Waals surface area contributed by atoms with E-state index in [1.165, 1.54) is 0 Å². The van der Waals surface area contributed by atoms with Crippen molar-refractivity contribution in [3.8, 4) is 0 Å². The molecule has 3 N–H and O–H groups in total. The number of para-hydroxylation sites is 2. The Hall–Kier alpha value is -1.50. The summed E-state index contributed by atoms with van der Waals surface area (Å²) in [6.45, 7) is 5.27. The highest BCUT2D eigenvalue weighted by atomic mass is 35.5. The van der Waals surface area contributed by atoms with Crippen LogP contribution in [0.3, 0.4) is 0 Å². The van der Waals surface area contributed by atoms with Crippen molar-refractivity contribution in [1.82, 2.24) is 5.32 Å². The highest BCUT2D eigenvalue weighted by Gasteiger charge is 2.24. The molecule has 0 aliphatic carbocycles. The summed E-state index contributed by atoms with van der Waals surface area (Å²) in [5.41, 5.74) is 7.72. The molecule has 1 aliphatic heterocycles. The maximum absolute atomic E-state index is 12.6. The number of nitrogens with one attached hydrogen (secondary N) is 1. The number of amides is 2. The SMILES string of the molecule is CC(C)[C@H](N)C(=O)NCC(=O)N1CCCN(C)c2ccccc21.Cl.Cl. The molecule has 0 radical (unpaired) electrons. The quantitative estimate of drug-likeness (QED) is 0.821. The Bertz CT molecular complexity index is 584. The molecule has 0 saturated heterocycles. The summed E-state index contributed by atoms with van der Waals surface area (Å²) in [4.78, 5) is 28.4. The number of nitrogens with two attached hydrogens (primary N) is 1. The van der Waals surface area contributed by atoms with E-state index in [-0.39, 0.29) is 49.1 Å². The number of halogens is 2. The van der Waals surface area contributed by atoms with E-state index >= 15 is 0 Å². The fourth-order valence-electron chi connectivity index (χ4n) is 2.66. The summed E-state index contributed by atoms with van der Waals surface area (Å²) in [6, 6.07) is 7.24. The monoisotopic (exact) mass is 390 g/mol. The molecule has 25 heavy (non-hydrogen) atoms. The van der Waals surface area contributed by atoms with Crippen molar-refractivity contribution in [3.05, 3.63) is 24.3 Å². The Morgan fingerprint density at radius 3 is 2.36 bits per heavy atom. The second-order valence-electron chi connectivity index (χ2n) is 6.30. The molecule has 8 heteroatoms. The molecule has 0 unspecified atom stereocenters. The molecule has 2 amide bonds. The first kappa shape index (κ1) is 23.5. The second kappa shape index (κ2) is 10.5. The van der Waals surface area contributed by atoms with Gasteiger partial charge in [-0.25, -0.2) is 0 Å². The van der Waals surface area contributed by atoms with Crippen LogP contribution in [0.15, 0.2) is 24.3 Å². The van der Waals surface area contributed by atoms with Crippen LogP contribution in [-0.4, -0.2) is 44.5 Å². The molecule has 0 saturated carbocycles. The van der Waals surface area contributed by atoms with Crippen molar-refractivity contribution in [2.24, 2.45) is 11.7 Å². The Labute approximate surface area is 161 Å². The molecular formula is C17H28Cl2N4O2. The largest absolute Gasteiger partial charge is 0.373 e. The third-order valence-electron chi connectivity index (χ3n) is 4.19. The Morgan fingerprint density at radius 2 is 1.76 bits per heavy atom. The first-order chi connectivity index (χ1) is 10.9. The van der Waals surface area contributed by atoms with Crippen molar-refractivity contribution in [2.75, 3.05) is 36.5 Å². The van der Waals surface area contributed by atoms with Crippen molar-refractivity contribution in [2.45, 2.75) is 26.3 Å². The summed E-state index contributed by atoms with van der Waals surface area (Å²) in [7, 11) is 2.02. The van der Waals surface area contributed by atoms with Crippen LogP contribution in [0.5, 0.6) is 0 Å². The van der Waals surface area contributed by atoms with Crippen LogP contribution in [0.4, 0.5) is 11.4 Å². The average molecular weight is 391 g/mol. The van der Waals surface area contributed by atoms with Gasteiger partial charge in [0.2, 0.25) is 11.8 Å².